The first-order valence-corrected chi connectivity index (χ1v) is 6.60. The van der Waals surface area contributed by atoms with Crippen molar-refractivity contribution in [1.82, 2.24) is 9.97 Å². The van der Waals surface area contributed by atoms with Crippen molar-refractivity contribution in [3.63, 3.8) is 0 Å². The van der Waals surface area contributed by atoms with Crippen molar-refractivity contribution in [2.24, 2.45) is 0 Å². The molecule has 3 aromatic rings. The number of rotatable bonds is 1. The van der Waals surface area contributed by atoms with Gasteiger partial charge >= 0.3 is 0 Å². The summed E-state index contributed by atoms with van der Waals surface area (Å²) in [5, 5.41) is 4.25. The fourth-order valence-corrected chi connectivity index (χ4v) is 2.67. The zero-order valence-corrected chi connectivity index (χ0v) is 11.8. The smallest absolute Gasteiger partial charge is 0.0974 e. The Bertz CT molecular complexity index is 953. The van der Waals surface area contributed by atoms with E-state index in [0.717, 1.165) is 37.9 Å². The van der Waals surface area contributed by atoms with E-state index in [9.17, 15) is 0 Å². The van der Waals surface area contributed by atoms with E-state index in [4.69, 9.17) is 0 Å². The molecule has 0 atom stereocenters. The number of nitrogens with zero attached hydrogens (tertiary/aromatic N) is 2. The summed E-state index contributed by atoms with van der Waals surface area (Å²) in [6.07, 6.45) is 5.55. The Hall–Kier alpha value is -2.48. The van der Waals surface area contributed by atoms with Gasteiger partial charge in [0.2, 0.25) is 0 Å². The Labute approximate surface area is 117 Å². The minimum Gasteiger partial charge on any atom is -0.252 e. The average molecular weight is 260 g/mol. The van der Waals surface area contributed by atoms with Crippen LogP contribution in [0.15, 0.2) is 37.1 Å². The van der Waals surface area contributed by atoms with Gasteiger partial charge in [-0.05, 0) is 30.0 Å². The van der Waals surface area contributed by atoms with Crippen LogP contribution in [0.2, 0.25) is 0 Å². The Morgan fingerprint density at radius 3 is 2.70 bits per heavy atom. The van der Waals surface area contributed by atoms with Gasteiger partial charge < -0.3 is 0 Å². The van der Waals surface area contributed by atoms with E-state index in [0.29, 0.717) is 0 Å². The van der Waals surface area contributed by atoms with Crippen molar-refractivity contribution in [1.29, 1.82) is 0 Å². The maximum Gasteiger partial charge on any atom is 0.0974 e. The summed E-state index contributed by atoms with van der Waals surface area (Å²) in [5.74, 6) is 0. The van der Waals surface area contributed by atoms with Gasteiger partial charge in [0.05, 0.1) is 16.7 Å². The molecular weight excluding hydrogens is 244 g/mol. The monoisotopic (exact) mass is 260 g/mol. The lowest BCUT2D eigenvalue weighted by Crippen LogP contribution is -2.26. The van der Waals surface area contributed by atoms with Crippen LogP contribution in [0.25, 0.3) is 34.5 Å². The highest BCUT2D eigenvalue weighted by atomic mass is 14.8. The second-order valence-corrected chi connectivity index (χ2v) is 5.00. The van der Waals surface area contributed by atoms with Crippen LogP contribution in [0, 0.1) is 13.8 Å². The maximum atomic E-state index is 4.66. The molecule has 1 heterocycles. The molecule has 0 aliphatic carbocycles. The molecule has 0 N–H and O–H groups in total. The number of aryl methyl sites for hydroxylation is 2. The number of fused-ring (bicyclic) bond motifs is 3. The molecule has 0 spiro atoms. The van der Waals surface area contributed by atoms with Crippen molar-refractivity contribution >= 4 is 34.5 Å². The predicted molar refractivity (Wildman–Crippen MR) is 86.0 cm³/mol. The summed E-state index contributed by atoms with van der Waals surface area (Å²) in [4.78, 5) is 9.27. The molecule has 2 heteroatoms. The van der Waals surface area contributed by atoms with Gasteiger partial charge in [-0.15, -0.1) is 0 Å². The molecule has 20 heavy (non-hydrogen) atoms. The van der Waals surface area contributed by atoms with Crippen molar-refractivity contribution in [3.05, 3.63) is 58.7 Å². The third kappa shape index (κ3) is 1.73. The van der Waals surface area contributed by atoms with Crippen LogP contribution < -0.4 is 10.4 Å². The van der Waals surface area contributed by atoms with Crippen molar-refractivity contribution < 1.29 is 0 Å². The molecule has 2 nitrogen and oxygen atoms in total. The summed E-state index contributed by atoms with van der Waals surface area (Å²) in [6.45, 7) is 12.1. The summed E-state index contributed by atoms with van der Waals surface area (Å²) in [6, 6.07) is 6.24. The zero-order valence-electron chi connectivity index (χ0n) is 11.8. The van der Waals surface area contributed by atoms with E-state index < -0.39 is 0 Å². The topological polar surface area (TPSA) is 25.8 Å². The molecule has 1 aromatic heterocycles. The normalized spacial score (nSPS) is 12.2. The second-order valence-electron chi connectivity index (χ2n) is 5.00. The van der Waals surface area contributed by atoms with Gasteiger partial charge in [-0.1, -0.05) is 43.5 Å². The first-order valence-electron chi connectivity index (χ1n) is 6.60. The van der Waals surface area contributed by atoms with Crippen LogP contribution in [0.1, 0.15) is 11.3 Å². The van der Waals surface area contributed by atoms with Crippen LogP contribution in [0.5, 0.6) is 0 Å². The predicted octanol–water partition coefficient (Wildman–Crippen LogP) is 2.78. The van der Waals surface area contributed by atoms with Gasteiger partial charge in [0.15, 0.2) is 0 Å². The Kier molecular flexibility index (Phi) is 2.87. The van der Waals surface area contributed by atoms with Crippen molar-refractivity contribution in [2.75, 3.05) is 0 Å². The molecule has 3 rings (SSSR count). The molecule has 0 amide bonds. The quantitative estimate of drug-likeness (QED) is 0.629. The maximum absolute atomic E-state index is 4.66. The highest BCUT2D eigenvalue weighted by Gasteiger charge is 2.09. The van der Waals surface area contributed by atoms with Gasteiger partial charge in [0, 0.05) is 16.8 Å². The minimum absolute atomic E-state index is 0.900. The number of allylic oxidation sites excluding steroid dienone is 1. The molecule has 98 valence electrons. The summed E-state index contributed by atoms with van der Waals surface area (Å²) in [7, 11) is 0. The average Bonchev–Trinajstić information content (AvgIpc) is 2.43. The largest absolute Gasteiger partial charge is 0.252 e. The molecule has 0 saturated carbocycles. The number of hydrogen-bond acceptors (Lipinski definition) is 2. The van der Waals surface area contributed by atoms with Gasteiger partial charge in [-0.2, -0.15) is 0 Å². The highest BCUT2D eigenvalue weighted by Crippen LogP contribution is 2.21. The van der Waals surface area contributed by atoms with Crippen molar-refractivity contribution in [3.8, 4) is 0 Å². The highest BCUT2D eigenvalue weighted by molar-refractivity contribution is 6.06. The second kappa shape index (κ2) is 4.57. The molecule has 0 aliphatic heterocycles. The summed E-state index contributed by atoms with van der Waals surface area (Å²) < 4.78 is 0. The lowest BCUT2D eigenvalue weighted by Gasteiger charge is -2.08. The van der Waals surface area contributed by atoms with E-state index in [-0.39, 0.29) is 0 Å². The van der Waals surface area contributed by atoms with E-state index >= 15 is 0 Å². The molecule has 0 unspecified atom stereocenters. The molecular formula is C18H16N2. The first-order chi connectivity index (χ1) is 9.63. The zero-order chi connectivity index (χ0) is 14.3. The Morgan fingerprint density at radius 1 is 1.15 bits per heavy atom. The lowest BCUT2D eigenvalue weighted by atomic mass is 10.00. The number of hydrogen-bond donors (Lipinski definition) is 0. The van der Waals surface area contributed by atoms with Crippen LogP contribution >= 0.6 is 0 Å². The molecule has 0 radical (unpaired) electrons. The number of benzene rings is 2. The third-order valence-electron chi connectivity index (χ3n) is 3.59. The fourth-order valence-electron chi connectivity index (χ4n) is 2.67. The van der Waals surface area contributed by atoms with Gasteiger partial charge in [-0.25, -0.2) is 4.98 Å². The standard InChI is InChI=1S/C18H16N2/c1-5-7-15-13(4)14-9-6-8-11(2)16(14)18-17(15)20-12(3)10-19-18/h5-10H,1,4H2,2-3H3/b15-7+. The number of aromatic nitrogens is 2. The minimum atomic E-state index is 0.900. The van der Waals surface area contributed by atoms with Crippen LogP contribution in [-0.4, -0.2) is 9.97 Å². The molecule has 2 aromatic carbocycles. The Balaban J connectivity index is 2.78. The van der Waals surface area contributed by atoms with E-state index in [1.807, 2.05) is 19.2 Å². The Morgan fingerprint density at radius 2 is 1.95 bits per heavy atom. The molecule has 0 saturated heterocycles. The van der Waals surface area contributed by atoms with Gasteiger partial charge in [-0.3, -0.25) is 4.98 Å². The fraction of sp³-hybridized carbons (Fsp3) is 0.111. The van der Waals surface area contributed by atoms with E-state index in [2.05, 4.69) is 48.2 Å². The first kappa shape index (κ1) is 12.5. The summed E-state index contributed by atoms with van der Waals surface area (Å²) >= 11 is 0. The van der Waals surface area contributed by atoms with Crippen LogP contribution in [0.3, 0.4) is 0 Å². The SMILES string of the molecule is C=C/C=c1\c(=C)c2cccc(C)c2c2ncc(C)nc12. The van der Waals surface area contributed by atoms with E-state index in [1.165, 1.54) is 5.56 Å². The third-order valence-corrected chi connectivity index (χ3v) is 3.59. The lowest BCUT2D eigenvalue weighted by molar-refractivity contribution is 1.18. The molecule has 0 aliphatic rings. The van der Waals surface area contributed by atoms with E-state index in [1.54, 1.807) is 6.08 Å². The van der Waals surface area contributed by atoms with Crippen molar-refractivity contribution in [2.45, 2.75) is 13.8 Å². The van der Waals surface area contributed by atoms with Gasteiger partial charge in [0.25, 0.3) is 0 Å². The molecule has 0 fully saturated rings. The van der Waals surface area contributed by atoms with Crippen LogP contribution in [-0.2, 0) is 0 Å². The summed E-state index contributed by atoms with van der Waals surface area (Å²) in [5.41, 5.74) is 3.94. The van der Waals surface area contributed by atoms with Crippen LogP contribution in [0.4, 0.5) is 0 Å². The molecule has 0 bridgehead atoms. The van der Waals surface area contributed by atoms with Gasteiger partial charge in [0.1, 0.15) is 0 Å².